The van der Waals surface area contributed by atoms with Crippen LogP contribution < -0.4 is 16.2 Å². The largest absolute Gasteiger partial charge is 0.398 e. The van der Waals surface area contributed by atoms with E-state index in [0.29, 0.717) is 24.5 Å². The Bertz CT molecular complexity index is 1430. The predicted molar refractivity (Wildman–Crippen MR) is 124 cm³/mol. The van der Waals surface area contributed by atoms with Gasteiger partial charge in [-0.15, -0.1) is 11.3 Å². The van der Waals surface area contributed by atoms with Gasteiger partial charge in [-0.05, 0) is 47.7 Å². The highest BCUT2D eigenvalue weighted by molar-refractivity contribution is 7.91. The molecule has 0 unspecified atom stereocenters. The van der Waals surface area contributed by atoms with Gasteiger partial charge in [-0.25, -0.2) is 13.4 Å². The summed E-state index contributed by atoms with van der Waals surface area (Å²) in [6.45, 7) is 0.685. The van der Waals surface area contributed by atoms with Gasteiger partial charge < -0.3 is 16.4 Å². The predicted octanol–water partition coefficient (Wildman–Crippen LogP) is 2.09. The molecule has 4 aromatic rings. The van der Waals surface area contributed by atoms with E-state index in [1.54, 1.807) is 41.7 Å². The molecule has 1 fully saturated rings. The minimum absolute atomic E-state index is 0.161. The maximum atomic E-state index is 12.9. The van der Waals surface area contributed by atoms with Crippen molar-refractivity contribution in [2.75, 3.05) is 18.0 Å². The smallest absolute Gasteiger partial charge is 0.250 e. The number of nitrogen functional groups attached to an aromatic ring is 2. The number of thiophene rings is 1. The molecule has 32 heavy (non-hydrogen) atoms. The first-order valence-corrected chi connectivity index (χ1v) is 12.2. The number of hydrogen-bond acceptors (Lipinski definition) is 8. The van der Waals surface area contributed by atoms with Crippen LogP contribution in [-0.4, -0.2) is 41.8 Å². The normalized spacial score (nSPS) is 16.9. The molecule has 1 amide bonds. The number of sulfonamides is 1. The standard InChI is InChI=1S/C21H20N6O3S2/c22-16-8-12-1-5-25-20(23)15(12)7-14(16)11-27-6-3-17(21(27)28)26-32(29,30)19-9-13-10-24-4-2-18(13)31-19/h1-2,4-5,7-10,17,26H,3,6,11,22H2,(H2,23,25)/t17-/m0/s1. The molecule has 164 valence electrons. The van der Waals surface area contributed by atoms with Crippen LogP contribution in [-0.2, 0) is 21.4 Å². The minimum Gasteiger partial charge on any atom is -0.398 e. The molecule has 1 aromatic carbocycles. The summed E-state index contributed by atoms with van der Waals surface area (Å²) in [6, 6.07) is 7.97. The quantitative estimate of drug-likeness (QED) is 0.380. The molecule has 0 spiro atoms. The number of nitrogens with two attached hydrogens (primary N) is 2. The minimum atomic E-state index is -3.83. The molecule has 1 aliphatic heterocycles. The number of nitrogens with zero attached hydrogens (tertiary/aromatic N) is 3. The van der Waals surface area contributed by atoms with Crippen LogP contribution in [0.4, 0.5) is 11.5 Å². The van der Waals surface area contributed by atoms with E-state index in [9.17, 15) is 13.2 Å². The van der Waals surface area contributed by atoms with Crippen molar-refractivity contribution in [2.45, 2.75) is 23.2 Å². The van der Waals surface area contributed by atoms with E-state index in [1.165, 1.54) is 0 Å². The summed E-state index contributed by atoms with van der Waals surface area (Å²) in [5.41, 5.74) is 13.5. The van der Waals surface area contributed by atoms with Gasteiger partial charge in [0.15, 0.2) is 0 Å². The fraction of sp³-hybridized carbons (Fsp3) is 0.190. The van der Waals surface area contributed by atoms with Gasteiger partial charge in [-0.2, -0.15) is 4.72 Å². The van der Waals surface area contributed by atoms with Crippen LogP contribution in [0.15, 0.2) is 53.1 Å². The van der Waals surface area contributed by atoms with Crippen LogP contribution in [0.3, 0.4) is 0 Å². The van der Waals surface area contributed by atoms with E-state index in [2.05, 4.69) is 14.7 Å². The van der Waals surface area contributed by atoms with Gasteiger partial charge in [-0.3, -0.25) is 9.78 Å². The molecule has 0 saturated carbocycles. The number of pyridine rings is 2. The molecule has 0 aliphatic carbocycles. The van der Waals surface area contributed by atoms with Crippen molar-refractivity contribution < 1.29 is 13.2 Å². The Morgan fingerprint density at radius 1 is 1.16 bits per heavy atom. The Hall–Kier alpha value is -3.28. The Morgan fingerprint density at radius 3 is 2.81 bits per heavy atom. The van der Waals surface area contributed by atoms with Crippen molar-refractivity contribution in [2.24, 2.45) is 0 Å². The zero-order valence-corrected chi connectivity index (χ0v) is 18.5. The van der Waals surface area contributed by atoms with E-state index in [0.717, 1.165) is 37.8 Å². The van der Waals surface area contributed by atoms with E-state index < -0.39 is 16.1 Å². The summed E-state index contributed by atoms with van der Waals surface area (Å²) < 4.78 is 29.3. The Kier molecular flexibility index (Phi) is 4.96. The number of hydrogen-bond donors (Lipinski definition) is 3. The Labute approximate surface area is 188 Å². The maximum absolute atomic E-state index is 12.9. The molecule has 0 radical (unpaired) electrons. The van der Waals surface area contributed by atoms with Crippen molar-refractivity contribution in [3.63, 3.8) is 0 Å². The van der Waals surface area contributed by atoms with Crippen LogP contribution in [0, 0.1) is 0 Å². The van der Waals surface area contributed by atoms with Gasteiger partial charge in [0.05, 0.1) is 0 Å². The third kappa shape index (κ3) is 3.64. The molecule has 1 aliphatic rings. The summed E-state index contributed by atoms with van der Waals surface area (Å²) in [4.78, 5) is 22.7. The number of carbonyl (C=O) groups is 1. The van der Waals surface area contributed by atoms with Crippen LogP contribution in [0.1, 0.15) is 12.0 Å². The first-order chi connectivity index (χ1) is 15.3. The molecule has 1 atom stereocenters. The topological polar surface area (TPSA) is 144 Å². The molecular weight excluding hydrogens is 448 g/mol. The molecule has 11 heteroatoms. The van der Waals surface area contributed by atoms with Crippen molar-refractivity contribution in [1.29, 1.82) is 0 Å². The third-order valence-corrected chi connectivity index (χ3v) is 8.63. The number of likely N-dealkylation sites (tertiary alicyclic amines) is 1. The van der Waals surface area contributed by atoms with Gasteiger partial charge in [0.2, 0.25) is 5.91 Å². The SMILES string of the molecule is Nc1cc2ccnc(N)c2cc1CN1CC[C@H](NS(=O)(=O)c2cc3cnccc3s2)C1=O. The molecular formula is C21H20N6O3S2. The number of rotatable bonds is 5. The highest BCUT2D eigenvalue weighted by Gasteiger charge is 2.35. The highest BCUT2D eigenvalue weighted by atomic mass is 32.2. The van der Waals surface area contributed by atoms with Crippen molar-refractivity contribution in [3.05, 3.63) is 54.5 Å². The van der Waals surface area contributed by atoms with Crippen LogP contribution in [0.2, 0.25) is 0 Å². The van der Waals surface area contributed by atoms with E-state index in [-0.39, 0.29) is 16.7 Å². The number of amides is 1. The van der Waals surface area contributed by atoms with Crippen molar-refractivity contribution >= 4 is 59.6 Å². The van der Waals surface area contributed by atoms with Crippen molar-refractivity contribution in [1.82, 2.24) is 19.6 Å². The van der Waals surface area contributed by atoms with Crippen molar-refractivity contribution in [3.8, 4) is 0 Å². The molecule has 1 saturated heterocycles. The number of anilines is 2. The van der Waals surface area contributed by atoms with Gasteiger partial charge in [0.25, 0.3) is 10.0 Å². The molecule has 5 N–H and O–H groups in total. The van der Waals surface area contributed by atoms with Gasteiger partial charge in [0.1, 0.15) is 16.1 Å². The lowest BCUT2D eigenvalue weighted by Gasteiger charge is -2.19. The first kappa shape index (κ1) is 20.6. The average molecular weight is 469 g/mol. The van der Waals surface area contributed by atoms with Crippen LogP contribution in [0.5, 0.6) is 0 Å². The number of nitrogens with one attached hydrogen (secondary N) is 1. The summed E-state index contributed by atoms with van der Waals surface area (Å²) >= 11 is 1.15. The second kappa shape index (κ2) is 7.69. The van der Waals surface area contributed by atoms with E-state index in [1.807, 2.05) is 12.1 Å². The van der Waals surface area contributed by atoms with Gasteiger partial charge >= 0.3 is 0 Å². The summed E-state index contributed by atoms with van der Waals surface area (Å²) in [7, 11) is -3.83. The summed E-state index contributed by atoms with van der Waals surface area (Å²) in [5, 5.41) is 2.38. The average Bonchev–Trinajstić information content (AvgIpc) is 3.34. The fourth-order valence-electron chi connectivity index (χ4n) is 3.89. The van der Waals surface area contributed by atoms with E-state index in [4.69, 9.17) is 11.5 Å². The number of benzene rings is 1. The van der Waals surface area contributed by atoms with Gasteiger partial charge in [-0.1, -0.05) is 0 Å². The van der Waals surface area contributed by atoms with Gasteiger partial charge in [0, 0.05) is 52.8 Å². The second-order valence-corrected chi connectivity index (χ2v) is 10.7. The van der Waals surface area contributed by atoms with Crippen LogP contribution >= 0.6 is 11.3 Å². The summed E-state index contributed by atoms with van der Waals surface area (Å²) in [6.07, 6.45) is 5.22. The molecule has 5 rings (SSSR count). The number of aromatic nitrogens is 2. The lowest BCUT2D eigenvalue weighted by molar-refractivity contribution is -0.129. The zero-order chi connectivity index (χ0) is 22.5. The molecule has 0 bridgehead atoms. The first-order valence-electron chi connectivity index (χ1n) is 9.89. The zero-order valence-electron chi connectivity index (χ0n) is 16.9. The van der Waals surface area contributed by atoms with Crippen LogP contribution in [0.25, 0.3) is 20.9 Å². The fourth-order valence-corrected chi connectivity index (χ4v) is 6.50. The molecule has 9 nitrogen and oxygen atoms in total. The monoisotopic (exact) mass is 468 g/mol. The molecule has 3 aromatic heterocycles. The highest BCUT2D eigenvalue weighted by Crippen LogP contribution is 2.30. The Morgan fingerprint density at radius 2 is 2.00 bits per heavy atom. The number of fused-ring (bicyclic) bond motifs is 2. The lowest BCUT2D eigenvalue weighted by atomic mass is 10.1. The third-order valence-electron chi connectivity index (χ3n) is 5.57. The van der Waals surface area contributed by atoms with E-state index >= 15 is 0 Å². The Balaban J connectivity index is 1.34. The maximum Gasteiger partial charge on any atom is 0.250 e. The second-order valence-electron chi connectivity index (χ2n) is 7.67. The lowest BCUT2D eigenvalue weighted by Crippen LogP contribution is -2.41. The summed E-state index contributed by atoms with van der Waals surface area (Å²) in [5.74, 6) is 0.107. The molecule has 4 heterocycles. The number of carbonyl (C=O) groups excluding carboxylic acids is 1.